The molecule has 2 atom stereocenters. The van der Waals surface area contributed by atoms with E-state index in [0.717, 1.165) is 48.0 Å². The summed E-state index contributed by atoms with van der Waals surface area (Å²) in [5.41, 5.74) is 9.78. The van der Waals surface area contributed by atoms with Gasteiger partial charge in [-0.05, 0) is 49.1 Å². The zero-order chi connectivity index (χ0) is 23.5. The Morgan fingerprint density at radius 1 is 1.15 bits per heavy atom. The standard InChI is InChI=1S/C25H28N4O5/c1-31-23-9-7-20-24(28-23)18(10-11-27-20)19(26)5-3-2-4-17-15-29(25(30)34-17)16-6-8-21-22(14-16)33-13-12-32-21/h6-11,14,17,19H,2-5,12-13,15,26H2,1H3/t17-,19-/m1/s1. The second kappa shape index (κ2) is 9.72. The van der Waals surface area contributed by atoms with Crippen molar-refractivity contribution in [2.75, 3.05) is 31.8 Å². The van der Waals surface area contributed by atoms with Crippen molar-refractivity contribution in [3.63, 3.8) is 0 Å². The lowest BCUT2D eigenvalue weighted by Gasteiger charge is -2.21. The predicted octanol–water partition coefficient (Wildman–Crippen LogP) is 4.00. The number of benzene rings is 1. The molecule has 2 aromatic heterocycles. The summed E-state index contributed by atoms with van der Waals surface area (Å²) >= 11 is 0. The van der Waals surface area contributed by atoms with Crippen LogP contribution in [-0.2, 0) is 4.74 Å². The van der Waals surface area contributed by atoms with Gasteiger partial charge in [0, 0.05) is 24.4 Å². The number of cyclic esters (lactones) is 1. The number of pyridine rings is 2. The summed E-state index contributed by atoms with van der Waals surface area (Å²) in [5, 5.41) is 0. The maximum atomic E-state index is 12.4. The minimum atomic E-state index is -0.332. The van der Waals surface area contributed by atoms with Crippen molar-refractivity contribution in [1.29, 1.82) is 0 Å². The number of hydrogen-bond donors (Lipinski definition) is 1. The van der Waals surface area contributed by atoms with E-state index in [1.54, 1.807) is 24.3 Å². The molecule has 0 spiro atoms. The number of anilines is 1. The van der Waals surface area contributed by atoms with Crippen molar-refractivity contribution in [2.24, 2.45) is 5.73 Å². The van der Waals surface area contributed by atoms with Crippen LogP contribution in [0.5, 0.6) is 17.4 Å². The van der Waals surface area contributed by atoms with Crippen molar-refractivity contribution >= 4 is 22.8 Å². The number of nitrogens with zero attached hydrogens (tertiary/aromatic N) is 3. The molecule has 5 rings (SSSR count). The third-order valence-corrected chi connectivity index (χ3v) is 6.20. The van der Waals surface area contributed by atoms with Gasteiger partial charge in [0.15, 0.2) is 11.5 Å². The molecule has 2 aliphatic rings. The normalized spacial score (nSPS) is 18.1. The highest BCUT2D eigenvalue weighted by molar-refractivity contribution is 5.90. The first-order valence-corrected chi connectivity index (χ1v) is 11.6. The molecular weight excluding hydrogens is 436 g/mol. The predicted molar refractivity (Wildman–Crippen MR) is 127 cm³/mol. The van der Waals surface area contributed by atoms with Crippen molar-refractivity contribution in [1.82, 2.24) is 9.97 Å². The van der Waals surface area contributed by atoms with Crippen LogP contribution in [0.4, 0.5) is 10.5 Å². The lowest BCUT2D eigenvalue weighted by molar-refractivity contribution is 0.135. The van der Waals surface area contributed by atoms with Crippen molar-refractivity contribution in [3.8, 4) is 17.4 Å². The first-order valence-electron chi connectivity index (χ1n) is 11.6. The minimum absolute atomic E-state index is 0.149. The highest BCUT2D eigenvalue weighted by atomic mass is 16.6. The van der Waals surface area contributed by atoms with Crippen LogP contribution in [0.2, 0.25) is 0 Å². The summed E-state index contributed by atoms with van der Waals surface area (Å²) in [7, 11) is 1.59. The number of fused-ring (bicyclic) bond motifs is 2. The number of ether oxygens (including phenoxy) is 4. The van der Waals surface area contributed by atoms with Crippen LogP contribution in [0, 0.1) is 0 Å². The maximum Gasteiger partial charge on any atom is 0.414 e. The smallest absolute Gasteiger partial charge is 0.414 e. The quantitative estimate of drug-likeness (QED) is 0.499. The van der Waals surface area contributed by atoms with Gasteiger partial charge in [-0.25, -0.2) is 9.78 Å². The Balaban J connectivity index is 1.14. The van der Waals surface area contributed by atoms with Crippen molar-refractivity contribution < 1.29 is 23.7 Å². The number of aromatic nitrogens is 2. The van der Waals surface area contributed by atoms with E-state index in [1.807, 2.05) is 30.3 Å². The molecule has 0 bridgehead atoms. The molecule has 9 heteroatoms. The molecule has 0 saturated carbocycles. The Morgan fingerprint density at radius 2 is 2.00 bits per heavy atom. The van der Waals surface area contributed by atoms with Gasteiger partial charge < -0.3 is 24.7 Å². The Hall–Kier alpha value is -3.59. The van der Waals surface area contributed by atoms with Gasteiger partial charge in [-0.3, -0.25) is 9.88 Å². The number of unbranched alkanes of at least 4 members (excludes halogenated alkanes) is 1. The lowest BCUT2D eigenvalue weighted by atomic mass is 9.99. The van der Waals surface area contributed by atoms with Crippen LogP contribution in [0.1, 0.15) is 37.3 Å². The first-order chi connectivity index (χ1) is 16.6. The molecule has 4 heterocycles. The van der Waals surface area contributed by atoms with E-state index in [9.17, 15) is 4.79 Å². The topological polar surface area (TPSA) is 109 Å². The third kappa shape index (κ3) is 4.56. The van der Waals surface area contributed by atoms with Gasteiger partial charge in [0.1, 0.15) is 19.3 Å². The SMILES string of the molecule is COc1ccc2nccc([C@H](N)CCCC[C@@H]3CN(c4ccc5c(c4)OCCO5)C(=O)O3)c2n1. The lowest BCUT2D eigenvalue weighted by Crippen LogP contribution is -2.25. The highest BCUT2D eigenvalue weighted by Crippen LogP contribution is 2.35. The molecular formula is C25H28N4O5. The van der Waals surface area contributed by atoms with Gasteiger partial charge in [0.25, 0.3) is 0 Å². The third-order valence-electron chi connectivity index (χ3n) is 6.20. The largest absolute Gasteiger partial charge is 0.486 e. The maximum absolute atomic E-state index is 12.4. The molecule has 1 saturated heterocycles. The molecule has 178 valence electrons. The fraction of sp³-hybridized carbons (Fsp3) is 0.400. The Bertz CT molecular complexity index is 1190. The van der Waals surface area contributed by atoms with Gasteiger partial charge in [-0.1, -0.05) is 6.42 Å². The van der Waals surface area contributed by atoms with Crippen LogP contribution in [0.15, 0.2) is 42.6 Å². The number of methoxy groups -OCH3 is 1. The fourth-order valence-electron chi connectivity index (χ4n) is 4.41. The Morgan fingerprint density at radius 3 is 2.85 bits per heavy atom. The average Bonchev–Trinajstić information content (AvgIpc) is 3.25. The number of carbonyl (C=O) groups is 1. The monoisotopic (exact) mass is 464 g/mol. The molecule has 0 aliphatic carbocycles. The number of nitrogens with two attached hydrogens (primary N) is 1. The van der Waals surface area contributed by atoms with E-state index in [4.69, 9.17) is 24.7 Å². The van der Waals surface area contributed by atoms with Gasteiger partial charge in [0.2, 0.25) is 5.88 Å². The number of rotatable bonds is 8. The Labute approximate surface area is 197 Å². The summed E-state index contributed by atoms with van der Waals surface area (Å²) in [5.74, 6) is 1.90. The van der Waals surface area contributed by atoms with E-state index < -0.39 is 0 Å². The van der Waals surface area contributed by atoms with E-state index >= 15 is 0 Å². The van der Waals surface area contributed by atoms with Crippen LogP contribution in [-0.4, -0.2) is 49.0 Å². The van der Waals surface area contributed by atoms with Gasteiger partial charge in [0.05, 0.1) is 30.4 Å². The Kier molecular flexibility index (Phi) is 6.35. The molecule has 0 radical (unpaired) electrons. The van der Waals surface area contributed by atoms with Crippen LogP contribution < -0.4 is 24.8 Å². The highest BCUT2D eigenvalue weighted by Gasteiger charge is 2.32. The molecule has 9 nitrogen and oxygen atoms in total. The van der Waals surface area contributed by atoms with E-state index in [-0.39, 0.29) is 18.2 Å². The first kappa shape index (κ1) is 22.2. The summed E-state index contributed by atoms with van der Waals surface area (Å²) < 4.78 is 22.0. The number of carbonyl (C=O) groups excluding carboxylic acids is 1. The van der Waals surface area contributed by atoms with Crippen LogP contribution >= 0.6 is 0 Å². The zero-order valence-corrected chi connectivity index (χ0v) is 19.1. The molecule has 34 heavy (non-hydrogen) atoms. The van der Waals surface area contributed by atoms with E-state index in [1.165, 1.54) is 0 Å². The summed E-state index contributed by atoms with van der Waals surface area (Å²) in [6.45, 7) is 1.56. The summed E-state index contributed by atoms with van der Waals surface area (Å²) in [4.78, 5) is 23.0. The van der Waals surface area contributed by atoms with Crippen molar-refractivity contribution in [3.05, 3.63) is 48.2 Å². The van der Waals surface area contributed by atoms with Gasteiger partial charge >= 0.3 is 6.09 Å². The van der Waals surface area contributed by atoms with Crippen molar-refractivity contribution in [2.45, 2.75) is 37.8 Å². The summed E-state index contributed by atoms with van der Waals surface area (Å²) in [6.07, 6.45) is 4.67. The fourth-order valence-corrected chi connectivity index (χ4v) is 4.41. The average molecular weight is 465 g/mol. The number of amides is 1. The van der Waals surface area contributed by atoms with Crippen LogP contribution in [0.3, 0.4) is 0 Å². The molecule has 1 fully saturated rings. The van der Waals surface area contributed by atoms with Crippen LogP contribution in [0.25, 0.3) is 11.0 Å². The summed E-state index contributed by atoms with van der Waals surface area (Å²) in [6, 6.07) is 11.0. The van der Waals surface area contributed by atoms with E-state index in [0.29, 0.717) is 37.1 Å². The van der Waals surface area contributed by atoms with E-state index in [2.05, 4.69) is 9.97 Å². The molecule has 1 amide bonds. The molecule has 0 unspecified atom stereocenters. The van der Waals surface area contributed by atoms with Gasteiger partial charge in [-0.2, -0.15) is 0 Å². The second-order valence-electron chi connectivity index (χ2n) is 8.46. The molecule has 2 N–H and O–H groups in total. The minimum Gasteiger partial charge on any atom is -0.486 e. The second-order valence-corrected chi connectivity index (χ2v) is 8.46. The number of hydrogen-bond acceptors (Lipinski definition) is 8. The zero-order valence-electron chi connectivity index (χ0n) is 19.1. The molecule has 1 aromatic carbocycles. The van der Waals surface area contributed by atoms with Gasteiger partial charge in [-0.15, -0.1) is 0 Å². The molecule has 2 aliphatic heterocycles. The molecule has 3 aromatic rings.